The van der Waals surface area contributed by atoms with Crippen LogP contribution in [0.2, 0.25) is 0 Å². The molecule has 1 saturated carbocycles. The van der Waals surface area contributed by atoms with E-state index in [0.717, 1.165) is 0 Å². The van der Waals surface area contributed by atoms with E-state index in [0.29, 0.717) is 0 Å². The molecule has 0 amide bonds. The highest BCUT2D eigenvalue weighted by atomic mass is 15.3. The van der Waals surface area contributed by atoms with Gasteiger partial charge in [-0.05, 0) is 115 Å². The van der Waals surface area contributed by atoms with Crippen molar-refractivity contribution in [1.29, 1.82) is 0 Å². The summed E-state index contributed by atoms with van der Waals surface area (Å²) < 4.78 is 2.52. The number of hydrogen-bond acceptors (Lipinski definition) is 1. The Morgan fingerprint density at radius 3 is 1.75 bits per heavy atom. The van der Waals surface area contributed by atoms with Crippen LogP contribution in [0.25, 0.3) is 27.5 Å². The first-order chi connectivity index (χ1) is 20.6. The fourth-order valence-electron chi connectivity index (χ4n) is 8.49. The Hall–Kier alpha value is -3.52. The first-order valence-electron chi connectivity index (χ1n) is 16.7. The molecule has 2 heteroatoms. The van der Waals surface area contributed by atoms with Gasteiger partial charge in [0.1, 0.15) is 0 Å². The largest absolute Gasteiger partial charge is 0.334 e. The minimum atomic E-state index is 0.0382. The Balaban J connectivity index is 1.49. The number of benzene rings is 4. The van der Waals surface area contributed by atoms with Crippen molar-refractivity contribution in [3.05, 3.63) is 101 Å². The van der Waals surface area contributed by atoms with Crippen LogP contribution in [0.5, 0.6) is 0 Å². The van der Waals surface area contributed by atoms with Crippen molar-refractivity contribution in [1.82, 2.24) is 4.57 Å². The van der Waals surface area contributed by atoms with E-state index in [1.54, 1.807) is 0 Å². The van der Waals surface area contributed by atoms with Crippen LogP contribution in [-0.2, 0) is 16.2 Å². The van der Waals surface area contributed by atoms with Crippen molar-refractivity contribution < 1.29 is 0 Å². The van der Waals surface area contributed by atoms with Crippen molar-refractivity contribution in [2.45, 2.75) is 117 Å². The molecule has 7 rings (SSSR count). The van der Waals surface area contributed by atoms with E-state index in [9.17, 15) is 0 Å². The van der Waals surface area contributed by atoms with Crippen LogP contribution >= 0.6 is 0 Å². The first-order valence-corrected chi connectivity index (χ1v) is 16.7. The Morgan fingerprint density at radius 2 is 1.16 bits per heavy atom. The van der Waals surface area contributed by atoms with Gasteiger partial charge in [-0.2, -0.15) is 0 Å². The fraction of sp³-hybridized carbons (Fsp3) is 0.429. The van der Waals surface area contributed by atoms with Crippen molar-refractivity contribution in [2.24, 2.45) is 0 Å². The minimum Gasteiger partial charge on any atom is -0.334 e. The lowest BCUT2D eigenvalue weighted by atomic mass is 9.61. The third-order valence-corrected chi connectivity index (χ3v) is 11.3. The number of aryl methyl sites for hydroxylation is 2. The van der Waals surface area contributed by atoms with Crippen molar-refractivity contribution in [3.63, 3.8) is 0 Å². The molecule has 0 spiro atoms. The molecule has 0 N–H and O–H groups in total. The average Bonchev–Trinajstić information content (AvgIpc) is 3.37. The SMILES string of the molecule is Cc1cc(N2c3ccc(C)cc3C3(C)CCCCC23C)cc(-n2c3ccc(C(C)(C)C)cc3c3cc(C(C)(C)C)ccc32)c1. The number of fused-ring (bicyclic) bond motifs is 6. The summed E-state index contributed by atoms with van der Waals surface area (Å²) in [5.41, 5.74) is 13.8. The second-order valence-electron chi connectivity index (χ2n) is 16.5. The summed E-state index contributed by atoms with van der Waals surface area (Å²) in [4.78, 5) is 2.72. The second kappa shape index (κ2) is 9.49. The normalized spacial score (nSPS) is 22.1. The smallest absolute Gasteiger partial charge is 0.0541 e. The van der Waals surface area contributed by atoms with Gasteiger partial charge in [-0.1, -0.05) is 91.1 Å². The van der Waals surface area contributed by atoms with E-state index < -0.39 is 0 Å². The molecule has 0 saturated heterocycles. The summed E-state index contributed by atoms with van der Waals surface area (Å²) in [6, 6.07) is 28.7. The second-order valence-corrected chi connectivity index (χ2v) is 16.5. The highest BCUT2D eigenvalue weighted by Gasteiger charge is 2.57. The molecule has 1 fully saturated rings. The maximum Gasteiger partial charge on any atom is 0.0541 e. The molecule has 1 aliphatic carbocycles. The molecule has 2 nitrogen and oxygen atoms in total. The van der Waals surface area contributed by atoms with Crippen LogP contribution in [-0.4, -0.2) is 10.1 Å². The zero-order chi connectivity index (χ0) is 31.4. The summed E-state index contributed by atoms with van der Waals surface area (Å²) in [5.74, 6) is 0. The highest BCUT2D eigenvalue weighted by molar-refractivity contribution is 6.10. The molecule has 5 aromatic rings. The van der Waals surface area contributed by atoms with Crippen molar-refractivity contribution in [3.8, 4) is 5.69 Å². The average molecular weight is 583 g/mol. The molecule has 228 valence electrons. The topological polar surface area (TPSA) is 8.17 Å². The van der Waals surface area contributed by atoms with Crippen LogP contribution in [0.15, 0.2) is 72.8 Å². The van der Waals surface area contributed by atoms with Gasteiger partial charge in [0.25, 0.3) is 0 Å². The van der Waals surface area contributed by atoms with Crippen molar-refractivity contribution >= 4 is 33.2 Å². The van der Waals surface area contributed by atoms with Gasteiger partial charge in [-0.15, -0.1) is 0 Å². The van der Waals surface area contributed by atoms with Crippen LogP contribution in [0, 0.1) is 13.8 Å². The summed E-state index contributed by atoms with van der Waals surface area (Å²) >= 11 is 0. The van der Waals surface area contributed by atoms with E-state index in [1.165, 1.54) is 92.4 Å². The van der Waals surface area contributed by atoms with E-state index in [-0.39, 0.29) is 21.8 Å². The number of rotatable bonds is 2. The number of anilines is 2. The number of nitrogens with zero attached hydrogens (tertiary/aromatic N) is 2. The van der Waals surface area contributed by atoms with Gasteiger partial charge >= 0.3 is 0 Å². The van der Waals surface area contributed by atoms with Crippen LogP contribution < -0.4 is 4.90 Å². The molecule has 1 aliphatic heterocycles. The lowest BCUT2D eigenvalue weighted by molar-refractivity contribution is 0.195. The van der Waals surface area contributed by atoms with E-state index in [2.05, 4.69) is 152 Å². The minimum absolute atomic E-state index is 0.0382. The van der Waals surface area contributed by atoms with Gasteiger partial charge in [-0.3, -0.25) is 0 Å². The molecule has 0 bridgehead atoms. The zero-order valence-corrected chi connectivity index (χ0v) is 28.7. The van der Waals surface area contributed by atoms with Gasteiger partial charge in [-0.25, -0.2) is 0 Å². The maximum absolute atomic E-state index is 2.72. The Kier molecular flexibility index (Phi) is 6.30. The van der Waals surface area contributed by atoms with Gasteiger partial charge in [0.15, 0.2) is 0 Å². The predicted molar refractivity (Wildman–Crippen MR) is 190 cm³/mol. The van der Waals surface area contributed by atoms with Gasteiger partial charge in [0.2, 0.25) is 0 Å². The van der Waals surface area contributed by atoms with E-state index >= 15 is 0 Å². The van der Waals surface area contributed by atoms with Crippen LogP contribution in [0.4, 0.5) is 11.4 Å². The Labute approximate surface area is 265 Å². The third kappa shape index (κ3) is 4.20. The molecule has 2 atom stereocenters. The monoisotopic (exact) mass is 582 g/mol. The zero-order valence-electron chi connectivity index (χ0n) is 28.7. The molecule has 2 unspecified atom stereocenters. The Bertz CT molecular complexity index is 1870. The first kappa shape index (κ1) is 29.2. The molecule has 1 aromatic heterocycles. The lowest BCUT2D eigenvalue weighted by Gasteiger charge is -2.50. The number of hydrogen-bond donors (Lipinski definition) is 0. The molecule has 4 aromatic carbocycles. The summed E-state index contributed by atoms with van der Waals surface area (Å²) in [6.45, 7) is 23.5. The Morgan fingerprint density at radius 1 is 0.591 bits per heavy atom. The molecule has 44 heavy (non-hydrogen) atoms. The molecule has 0 radical (unpaired) electrons. The number of aromatic nitrogens is 1. The van der Waals surface area contributed by atoms with Gasteiger partial charge in [0, 0.05) is 33.2 Å². The van der Waals surface area contributed by atoms with Crippen LogP contribution in [0.1, 0.15) is 109 Å². The van der Waals surface area contributed by atoms with E-state index in [1.807, 2.05) is 0 Å². The van der Waals surface area contributed by atoms with E-state index in [4.69, 9.17) is 0 Å². The molecule has 2 aliphatic rings. The predicted octanol–water partition coefficient (Wildman–Crippen LogP) is 11.7. The summed E-state index contributed by atoms with van der Waals surface area (Å²) in [6.07, 6.45) is 5.05. The van der Waals surface area contributed by atoms with Gasteiger partial charge in [0.05, 0.1) is 16.6 Å². The maximum atomic E-state index is 2.72. The fourth-order valence-corrected chi connectivity index (χ4v) is 8.49. The quantitative estimate of drug-likeness (QED) is 0.201. The lowest BCUT2D eigenvalue weighted by Crippen LogP contribution is -2.54. The summed E-state index contributed by atoms with van der Waals surface area (Å²) in [5, 5.41) is 2.69. The molecule has 2 heterocycles. The standard InChI is InChI=1S/C42H50N2/c1-27-13-16-38-35(23-27)41(9)19-11-12-20-42(41,10)44(38)32-22-28(2)21-31(26-32)43-36-17-14-29(39(3,4)5)24-33(36)34-25-30(40(6,7)8)15-18-37(34)43/h13-18,21-26H,11-12,19-20H2,1-10H3. The molecular weight excluding hydrogens is 532 g/mol. The third-order valence-electron chi connectivity index (χ3n) is 11.3. The highest BCUT2D eigenvalue weighted by Crippen LogP contribution is 2.61. The van der Waals surface area contributed by atoms with Crippen molar-refractivity contribution in [2.75, 3.05) is 4.90 Å². The van der Waals surface area contributed by atoms with Crippen LogP contribution in [0.3, 0.4) is 0 Å². The van der Waals surface area contributed by atoms with Gasteiger partial charge < -0.3 is 9.47 Å². The summed E-state index contributed by atoms with van der Waals surface area (Å²) in [7, 11) is 0. The molecular formula is C42H50N2.